The maximum Gasteiger partial charge on any atom is 0.275 e. The van der Waals surface area contributed by atoms with Gasteiger partial charge >= 0.3 is 0 Å². The Balaban J connectivity index is 1.64. The molecule has 2 rings (SSSR count). The number of amides is 1. The minimum absolute atomic E-state index is 0.0562. The van der Waals surface area contributed by atoms with Crippen molar-refractivity contribution in [2.45, 2.75) is 32.7 Å². The van der Waals surface area contributed by atoms with Gasteiger partial charge in [0.2, 0.25) is 0 Å². The Labute approximate surface area is 154 Å². The number of thiophene rings is 1. The summed E-state index contributed by atoms with van der Waals surface area (Å²) in [5.41, 5.74) is 1.43. The topological polar surface area (TPSA) is 42.8 Å². The molecule has 2 aromatic rings. The summed E-state index contributed by atoms with van der Waals surface area (Å²) in [5.74, 6) is 0.892. The lowest BCUT2D eigenvalue weighted by atomic mass is 9.87. The van der Waals surface area contributed by atoms with Gasteiger partial charge in [0.25, 0.3) is 5.91 Å². The summed E-state index contributed by atoms with van der Waals surface area (Å²) in [7, 11) is 2.03. The van der Waals surface area contributed by atoms with E-state index in [1.54, 1.807) is 11.3 Å². The normalized spacial score (nSPS) is 12.6. The fourth-order valence-corrected chi connectivity index (χ4v) is 3.34. The Hall–Kier alpha value is -1.85. The number of carbonyl (C=O) groups is 1. The van der Waals surface area contributed by atoms with Crippen LogP contribution in [0.4, 0.5) is 0 Å². The maximum atomic E-state index is 12.0. The number of hydrogen-bond donors (Lipinski definition) is 2. The van der Waals surface area contributed by atoms with Crippen LogP contribution in [0, 0.1) is 0 Å². The van der Waals surface area contributed by atoms with Crippen LogP contribution in [0.5, 0.6) is 5.75 Å². The number of benzene rings is 1. The third kappa shape index (κ3) is 6.88. The SMILES string of the molecule is C[NH+](CC(=O)NCCOc1ccc(C(C)(C)C)cc1)Cc1cccs1. The summed E-state index contributed by atoms with van der Waals surface area (Å²) in [6.45, 7) is 8.91. The Morgan fingerprint density at radius 1 is 1.20 bits per heavy atom. The molecule has 0 aliphatic heterocycles. The lowest BCUT2D eigenvalue weighted by molar-refractivity contribution is -0.885. The van der Waals surface area contributed by atoms with Gasteiger partial charge in [-0.15, -0.1) is 11.3 Å². The average Bonchev–Trinajstić information content (AvgIpc) is 3.04. The minimum atomic E-state index is 0.0562. The quantitative estimate of drug-likeness (QED) is 0.708. The number of likely N-dealkylation sites (N-methyl/N-ethyl adjacent to an activating group) is 1. The Morgan fingerprint density at radius 2 is 1.92 bits per heavy atom. The Bertz CT molecular complexity index is 645. The van der Waals surface area contributed by atoms with Crippen molar-refractivity contribution in [2.24, 2.45) is 0 Å². The highest BCUT2D eigenvalue weighted by Crippen LogP contribution is 2.24. The molecule has 1 aromatic heterocycles. The second-order valence-electron chi connectivity index (χ2n) is 7.36. The fourth-order valence-electron chi connectivity index (χ4n) is 2.52. The molecule has 0 saturated heterocycles. The molecule has 1 atom stereocenters. The van der Waals surface area contributed by atoms with Crippen molar-refractivity contribution < 1.29 is 14.4 Å². The van der Waals surface area contributed by atoms with Crippen molar-refractivity contribution in [3.63, 3.8) is 0 Å². The van der Waals surface area contributed by atoms with Gasteiger partial charge in [0.15, 0.2) is 6.54 Å². The average molecular weight is 362 g/mol. The molecule has 136 valence electrons. The fraction of sp³-hybridized carbons (Fsp3) is 0.450. The van der Waals surface area contributed by atoms with Gasteiger partial charge in [-0.2, -0.15) is 0 Å². The highest BCUT2D eigenvalue weighted by molar-refractivity contribution is 7.09. The zero-order chi connectivity index (χ0) is 18.3. The highest BCUT2D eigenvalue weighted by Gasteiger charge is 2.13. The molecule has 25 heavy (non-hydrogen) atoms. The molecule has 0 spiro atoms. The van der Waals surface area contributed by atoms with Crippen LogP contribution >= 0.6 is 11.3 Å². The molecule has 5 heteroatoms. The van der Waals surface area contributed by atoms with Crippen molar-refractivity contribution in [3.05, 3.63) is 52.2 Å². The molecular formula is C20H29N2O2S+. The van der Waals surface area contributed by atoms with E-state index in [1.807, 2.05) is 25.2 Å². The van der Waals surface area contributed by atoms with Crippen molar-refractivity contribution >= 4 is 17.2 Å². The van der Waals surface area contributed by atoms with Gasteiger partial charge in [0.05, 0.1) is 18.5 Å². The number of ether oxygens (including phenoxy) is 1. The van der Waals surface area contributed by atoms with E-state index >= 15 is 0 Å². The predicted molar refractivity (Wildman–Crippen MR) is 103 cm³/mol. The number of hydrogen-bond acceptors (Lipinski definition) is 3. The summed E-state index contributed by atoms with van der Waals surface area (Å²) in [4.78, 5) is 14.4. The number of nitrogens with one attached hydrogen (secondary N) is 2. The van der Waals surface area contributed by atoms with E-state index in [0.29, 0.717) is 19.7 Å². The van der Waals surface area contributed by atoms with Crippen LogP contribution in [0.3, 0.4) is 0 Å². The van der Waals surface area contributed by atoms with E-state index in [2.05, 4.69) is 49.7 Å². The van der Waals surface area contributed by atoms with Crippen LogP contribution in [0.15, 0.2) is 41.8 Å². The van der Waals surface area contributed by atoms with Crippen molar-refractivity contribution in [1.29, 1.82) is 0 Å². The first-order chi connectivity index (χ1) is 11.8. The maximum absolute atomic E-state index is 12.0. The highest BCUT2D eigenvalue weighted by atomic mass is 32.1. The zero-order valence-corrected chi connectivity index (χ0v) is 16.4. The third-order valence-corrected chi connectivity index (χ3v) is 4.81. The summed E-state index contributed by atoms with van der Waals surface area (Å²) < 4.78 is 5.69. The molecule has 1 heterocycles. The van der Waals surface area contributed by atoms with Crippen molar-refractivity contribution in [2.75, 3.05) is 26.7 Å². The minimum Gasteiger partial charge on any atom is -0.492 e. The molecule has 1 aromatic carbocycles. The van der Waals surface area contributed by atoms with E-state index < -0.39 is 0 Å². The van der Waals surface area contributed by atoms with Gasteiger partial charge in [0, 0.05) is 0 Å². The molecule has 0 radical (unpaired) electrons. The van der Waals surface area contributed by atoms with Crippen LogP contribution in [0.1, 0.15) is 31.2 Å². The number of quaternary nitrogens is 1. The van der Waals surface area contributed by atoms with Crippen LogP contribution in [0.2, 0.25) is 0 Å². The molecule has 0 saturated carbocycles. The lowest BCUT2D eigenvalue weighted by Gasteiger charge is -2.19. The van der Waals surface area contributed by atoms with E-state index in [9.17, 15) is 4.79 Å². The zero-order valence-electron chi connectivity index (χ0n) is 15.6. The molecule has 0 aliphatic rings. The molecular weight excluding hydrogens is 332 g/mol. The van der Waals surface area contributed by atoms with Gasteiger partial charge in [0.1, 0.15) is 18.9 Å². The summed E-state index contributed by atoms with van der Waals surface area (Å²) in [6, 6.07) is 12.3. The first-order valence-corrected chi connectivity index (χ1v) is 9.56. The predicted octanol–water partition coefficient (Wildman–Crippen LogP) is 2.26. The molecule has 1 unspecified atom stereocenters. The second kappa shape index (κ2) is 9.02. The molecule has 2 N–H and O–H groups in total. The monoisotopic (exact) mass is 361 g/mol. The Kier molecular flexibility index (Phi) is 7.02. The molecule has 1 amide bonds. The van der Waals surface area contributed by atoms with Crippen LogP contribution in [-0.2, 0) is 16.8 Å². The van der Waals surface area contributed by atoms with Crippen LogP contribution in [0.25, 0.3) is 0 Å². The molecule has 0 bridgehead atoms. The second-order valence-corrected chi connectivity index (χ2v) is 8.40. The van der Waals surface area contributed by atoms with Crippen LogP contribution in [-0.4, -0.2) is 32.7 Å². The summed E-state index contributed by atoms with van der Waals surface area (Å²) in [5, 5.41) is 4.98. The van der Waals surface area contributed by atoms with Crippen molar-refractivity contribution in [3.8, 4) is 5.75 Å². The van der Waals surface area contributed by atoms with E-state index in [4.69, 9.17) is 4.74 Å². The van der Waals surface area contributed by atoms with Crippen molar-refractivity contribution in [1.82, 2.24) is 5.32 Å². The summed E-state index contributed by atoms with van der Waals surface area (Å²) in [6.07, 6.45) is 0. The van der Waals surface area contributed by atoms with Gasteiger partial charge in [-0.05, 0) is 34.6 Å². The van der Waals surface area contributed by atoms with E-state index in [1.165, 1.54) is 15.3 Å². The summed E-state index contributed by atoms with van der Waals surface area (Å²) >= 11 is 1.73. The first-order valence-electron chi connectivity index (χ1n) is 8.68. The standard InChI is InChI=1S/C20H28N2O2S/c1-20(2,3)16-7-9-17(10-8-16)24-12-11-21-19(23)15-22(4)14-18-6-5-13-25-18/h5-10,13H,11-12,14-15H2,1-4H3,(H,21,23)/p+1. The third-order valence-electron chi connectivity index (χ3n) is 3.93. The van der Waals surface area contributed by atoms with E-state index in [0.717, 1.165) is 12.3 Å². The van der Waals surface area contributed by atoms with Crippen LogP contribution < -0.4 is 15.0 Å². The van der Waals surface area contributed by atoms with Gasteiger partial charge in [-0.3, -0.25) is 4.79 Å². The molecule has 4 nitrogen and oxygen atoms in total. The molecule has 0 aliphatic carbocycles. The lowest BCUT2D eigenvalue weighted by Crippen LogP contribution is -3.08. The number of rotatable bonds is 8. The molecule has 0 fully saturated rings. The smallest absolute Gasteiger partial charge is 0.275 e. The number of carbonyl (C=O) groups excluding carboxylic acids is 1. The Morgan fingerprint density at radius 3 is 2.52 bits per heavy atom. The van der Waals surface area contributed by atoms with Gasteiger partial charge in [-0.25, -0.2) is 0 Å². The van der Waals surface area contributed by atoms with Gasteiger partial charge in [-0.1, -0.05) is 39.0 Å². The largest absolute Gasteiger partial charge is 0.492 e. The van der Waals surface area contributed by atoms with Gasteiger partial charge < -0.3 is 15.0 Å². The first kappa shape index (κ1) is 19.5. The van der Waals surface area contributed by atoms with E-state index in [-0.39, 0.29) is 11.3 Å².